The standard InChI is InChI=1S/C17H20N4O5/c1-9(23)15-19-12-4-3-10(7-13(12)20-15)18-14-11(17(25)26-2)8-21(5-6-22)16(14)24/h3-4,7,9,18,22-23H,5-6,8H2,1-2H3,(H,19,20). The number of hydrogen-bond acceptors (Lipinski definition) is 7. The number of H-pyrrole nitrogens is 1. The second-order valence-corrected chi connectivity index (χ2v) is 5.95. The number of methoxy groups -OCH3 is 1. The maximum Gasteiger partial charge on any atom is 0.337 e. The number of esters is 1. The average Bonchev–Trinajstić information content (AvgIpc) is 3.18. The molecule has 0 aliphatic carbocycles. The van der Waals surface area contributed by atoms with Crippen molar-refractivity contribution in [3.63, 3.8) is 0 Å². The summed E-state index contributed by atoms with van der Waals surface area (Å²) in [5, 5.41) is 21.7. The van der Waals surface area contributed by atoms with Crippen LogP contribution >= 0.6 is 0 Å². The summed E-state index contributed by atoms with van der Waals surface area (Å²) in [5.74, 6) is -0.535. The van der Waals surface area contributed by atoms with Crippen LogP contribution in [0.5, 0.6) is 0 Å². The fourth-order valence-electron chi connectivity index (χ4n) is 2.80. The molecule has 9 heteroatoms. The topological polar surface area (TPSA) is 128 Å². The van der Waals surface area contributed by atoms with Crippen LogP contribution in [0.2, 0.25) is 0 Å². The number of aromatic amines is 1. The Morgan fingerprint density at radius 3 is 2.92 bits per heavy atom. The SMILES string of the molecule is COC(=O)C1=C(Nc2ccc3nc(C(C)O)[nH]c3c2)C(=O)N(CCO)C1. The first-order valence-electron chi connectivity index (χ1n) is 8.11. The van der Waals surface area contributed by atoms with E-state index in [1.54, 1.807) is 25.1 Å². The molecule has 1 amide bonds. The molecule has 1 aliphatic heterocycles. The van der Waals surface area contributed by atoms with Crippen molar-refractivity contribution in [2.45, 2.75) is 13.0 Å². The third-order valence-corrected chi connectivity index (χ3v) is 4.12. The minimum Gasteiger partial charge on any atom is -0.466 e. The first kappa shape index (κ1) is 17.9. The molecule has 138 valence electrons. The number of rotatable bonds is 6. The fourth-order valence-corrected chi connectivity index (χ4v) is 2.80. The Bertz CT molecular complexity index is 886. The number of anilines is 1. The molecule has 2 aromatic rings. The quantitative estimate of drug-likeness (QED) is 0.545. The normalized spacial score (nSPS) is 15.7. The number of ether oxygens (including phenoxy) is 1. The van der Waals surface area contributed by atoms with E-state index in [2.05, 4.69) is 15.3 Å². The van der Waals surface area contributed by atoms with Crippen molar-refractivity contribution in [1.82, 2.24) is 14.9 Å². The van der Waals surface area contributed by atoms with E-state index in [0.29, 0.717) is 22.5 Å². The van der Waals surface area contributed by atoms with Gasteiger partial charge in [-0.15, -0.1) is 0 Å². The van der Waals surface area contributed by atoms with Crippen molar-refractivity contribution in [3.05, 3.63) is 35.3 Å². The summed E-state index contributed by atoms with van der Waals surface area (Å²) in [6.07, 6.45) is -0.726. The van der Waals surface area contributed by atoms with Gasteiger partial charge in [0, 0.05) is 12.2 Å². The van der Waals surface area contributed by atoms with E-state index < -0.39 is 12.1 Å². The van der Waals surface area contributed by atoms with E-state index >= 15 is 0 Å². The first-order chi connectivity index (χ1) is 12.4. The third-order valence-electron chi connectivity index (χ3n) is 4.12. The van der Waals surface area contributed by atoms with Gasteiger partial charge in [0.05, 0.1) is 36.9 Å². The number of carbonyl (C=O) groups excluding carboxylic acids is 2. The van der Waals surface area contributed by atoms with Crippen LogP contribution in [0.1, 0.15) is 18.9 Å². The number of imidazole rings is 1. The molecule has 9 nitrogen and oxygen atoms in total. The molecule has 1 atom stereocenters. The van der Waals surface area contributed by atoms with Crippen LogP contribution in [0.15, 0.2) is 29.5 Å². The largest absolute Gasteiger partial charge is 0.466 e. The number of amides is 1. The summed E-state index contributed by atoms with van der Waals surface area (Å²) in [5.41, 5.74) is 2.27. The number of aliphatic hydroxyl groups is 2. The number of nitrogens with one attached hydrogen (secondary N) is 2. The smallest absolute Gasteiger partial charge is 0.337 e. The maximum atomic E-state index is 12.5. The molecule has 1 aliphatic rings. The Morgan fingerprint density at radius 2 is 2.27 bits per heavy atom. The lowest BCUT2D eigenvalue weighted by Gasteiger charge is -2.15. The molecular formula is C17H20N4O5. The van der Waals surface area contributed by atoms with Crippen LogP contribution < -0.4 is 5.32 Å². The van der Waals surface area contributed by atoms with Crippen LogP contribution in [-0.2, 0) is 14.3 Å². The highest BCUT2D eigenvalue weighted by atomic mass is 16.5. The number of hydrogen-bond donors (Lipinski definition) is 4. The van der Waals surface area contributed by atoms with Gasteiger partial charge >= 0.3 is 5.97 Å². The first-order valence-corrected chi connectivity index (χ1v) is 8.11. The third kappa shape index (κ3) is 3.26. The highest BCUT2D eigenvalue weighted by Crippen LogP contribution is 2.25. The molecule has 0 saturated carbocycles. The highest BCUT2D eigenvalue weighted by Gasteiger charge is 2.34. The van der Waals surface area contributed by atoms with Crippen molar-refractivity contribution < 1.29 is 24.5 Å². The van der Waals surface area contributed by atoms with Gasteiger partial charge in [0.2, 0.25) is 0 Å². The summed E-state index contributed by atoms with van der Waals surface area (Å²) >= 11 is 0. The Morgan fingerprint density at radius 1 is 1.50 bits per heavy atom. The average molecular weight is 360 g/mol. The van der Waals surface area contributed by atoms with Crippen molar-refractivity contribution in [2.24, 2.45) is 0 Å². The van der Waals surface area contributed by atoms with Crippen molar-refractivity contribution in [1.29, 1.82) is 0 Å². The van der Waals surface area contributed by atoms with E-state index in [0.717, 1.165) is 0 Å². The molecule has 0 bridgehead atoms. The summed E-state index contributed by atoms with van der Waals surface area (Å²) < 4.78 is 4.75. The summed E-state index contributed by atoms with van der Waals surface area (Å²) in [4.78, 5) is 33.2. The summed E-state index contributed by atoms with van der Waals surface area (Å²) in [6, 6.07) is 5.19. The molecule has 0 spiro atoms. The highest BCUT2D eigenvalue weighted by molar-refractivity contribution is 6.08. The lowest BCUT2D eigenvalue weighted by atomic mass is 10.2. The number of aromatic nitrogens is 2. The van der Waals surface area contributed by atoms with E-state index in [1.807, 2.05) is 0 Å². The van der Waals surface area contributed by atoms with Crippen LogP contribution in [-0.4, -0.2) is 63.8 Å². The van der Waals surface area contributed by atoms with Crippen LogP contribution in [0.25, 0.3) is 11.0 Å². The van der Waals surface area contributed by atoms with Crippen molar-refractivity contribution in [2.75, 3.05) is 32.1 Å². The van der Waals surface area contributed by atoms with Gasteiger partial charge in [-0.1, -0.05) is 0 Å². The molecular weight excluding hydrogens is 340 g/mol. The number of aliphatic hydroxyl groups excluding tert-OH is 2. The second kappa shape index (κ2) is 7.14. The van der Waals surface area contributed by atoms with Gasteiger partial charge < -0.3 is 30.2 Å². The minimum atomic E-state index is -0.726. The maximum absolute atomic E-state index is 12.5. The lowest BCUT2D eigenvalue weighted by Crippen LogP contribution is -2.31. The molecule has 0 saturated heterocycles. The van der Waals surface area contributed by atoms with Crippen molar-refractivity contribution >= 4 is 28.6 Å². The Balaban J connectivity index is 1.92. The monoisotopic (exact) mass is 360 g/mol. The van der Waals surface area contributed by atoms with Gasteiger partial charge in [0.15, 0.2) is 0 Å². The number of benzene rings is 1. The van der Waals surface area contributed by atoms with Crippen LogP contribution in [0, 0.1) is 0 Å². The van der Waals surface area contributed by atoms with Gasteiger partial charge in [0.25, 0.3) is 5.91 Å². The van der Waals surface area contributed by atoms with Crippen molar-refractivity contribution in [3.8, 4) is 0 Å². The molecule has 1 aromatic heterocycles. The van der Waals surface area contributed by atoms with Gasteiger partial charge in [-0.2, -0.15) is 0 Å². The van der Waals surface area contributed by atoms with E-state index in [1.165, 1.54) is 12.0 Å². The van der Waals surface area contributed by atoms with E-state index in [9.17, 15) is 14.7 Å². The minimum absolute atomic E-state index is 0.0763. The molecule has 26 heavy (non-hydrogen) atoms. The molecule has 1 unspecified atom stereocenters. The number of nitrogens with zero attached hydrogens (tertiary/aromatic N) is 2. The van der Waals surface area contributed by atoms with Gasteiger partial charge in [-0.25, -0.2) is 9.78 Å². The van der Waals surface area contributed by atoms with E-state index in [4.69, 9.17) is 9.84 Å². The molecule has 4 N–H and O–H groups in total. The predicted molar refractivity (Wildman–Crippen MR) is 93.1 cm³/mol. The summed E-state index contributed by atoms with van der Waals surface area (Å²) in [6.45, 7) is 1.61. The number of carbonyl (C=O) groups is 2. The van der Waals surface area contributed by atoms with Crippen LogP contribution in [0.4, 0.5) is 5.69 Å². The molecule has 0 radical (unpaired) electrons. The zero-order valence-corrected chi connectivity index (χ0v) is 14.4. The molecule has 1 aromatic carbocycles. The Hall–Kier alpha value is -2.91. The lowest BCUT2D eigenvalue weighted by molar-refractivity contribution is -0.136. The fraction of sp³-hybridized carbons (Fsp3) is 0.353. The number of fused-ring (bicyclic) bond motifs is 1. The molecule has 2 heterocycles. The predicted octanol–water partition coefficient (Wildman–Crippen LogP) is 0.290. The molecule has 3 rings (SSSR count). The zero-order valence-electron chi connectivity index (χ0n) is 14.4. The van der Waals surface area contributed by atoms with Gasteiger partial charge in [-0.05, 0) is 25.1 Å². The summed E-state index contributed by atoms with van der Waals surface area (Å²) in [7, 11) is 1.25. The van der Waals surface area contributed by atoms with Gasteiger partial charge in [-0.3, -0.25) is 4.79 Å². The van der Waals surface area contributed by atoms with Crippen LogP contribution in [0.3, 0.4) is 0 Å². The Kier molecular flexibility index (Phi) is 4.92. The Labute approximate surface area is 149 Å². The van der Waals surface area contributed by atoms with E-state index in [-0.39, 0.29) is 36.9 Å². The molecule has 0 fully saturated rings. The zero-order chi connectivity index (χ0) is 18.8. The van der Waals surface area contributed by atoms with Gasteiger partial charge in [0.1, 0.15) is 17.6 Å². The second-order valence-electron chi connectivity index (χ2n) is 5.95. The number of β-amino-alcohol motifs (C(OH)–C–C–N with tert-alkyl or cyclic N) is 1.